The number of ether oxygens (including phenoxy) is 1. The Morgan fingerprint density at radius 3 is 2.56 bits per heavy atom. The fourth-order valence-electron chi connectivity index (χ4n) is 1.46. The highest BCUT2D eigenvalue weighted by molar-refractivity contribution is 7.99. The average molecular weight is 230 g/mol. The first-order valence-corrected chi connectivity index (χ1v) is 5.99. The summed E-state index contributed by atoms with van der Waals surface area (Å²) in [4.78, 5) is 2.49. The fourth-order valence-corrected chi connectivity index (χ4v) is 2.41. The second kappa shape index (κ2) is 5.08. The molecule has 0 aliphatic heterocycles. The summed E-state index contributed by atoms with van der Waals surface area (Å²) in [7, 11) is 1.69. The Hall–Kier alpha value is -1.41. The monoisotopic (exact) mass is 230 g/mol. The minimum absolute atomic E-state index is 0.901. The van der Waals surface area contributed by atoms with Crippen molar-refractivity contribution in [1.82, 2.24) is 0 Å². The SMILES string of the molecule is COc1cccc(Sc2ccccc2C)c1. The molecule has 2 heteroatoms. The molecule has 0 bridgehead atoms. The highest BCUT2D eigenvalue weighted by Crippen LogP contribution is 2.31. The molecule has 2 aromatic rings. The molecular formula is C14H14OS. The van der Waals surface area contributed by atoms with Crippen LogP contribution in [-0.2, 0) is 0 Å². The van der Waals surface area contributed by atoms with E-state index in [0.29, 0.717) is 0 Å². The van der Waals surface area contributed by atoms with Crippen molar-refractivity contribution in [3.8, 4) is 5.75 Å². The molecule has 1 nitrogen and oxygen atoms in total. The standard InChI is InChI=1S/C14H14OS/c1-11-6-3-4-9-14(11)16-13-8-5-7-12(10-13)15-2/h3-10H,1-2H3. The van der Waals surface area contributed by atoms with Gasteiger partial charge in [-0.25, -0.2) is 0 Å². The van der Waals surface area contributed by atoms with Crippen LogP contribution in [0.15, 0.2) is 58.3 Å². The maximum atomic E-state index is 5.21. The van der Waals surface area contributed by atoms with Gasteiger partial charge in [0.1, 0.15) is 5.75 Å². The summed E-state index contributed by atoms with van der Waals surface area (Å²) in [6, 6.07) is 16.5. The lowest BCUT2D eigenvalue weighted by atomic mass is 10.2. The van der Waals surface area contributed by atoms with E-state index < -0.39 is 0 Å². The summed E-state index contributed by atoms with van der Waals surface area (Å²) in [5.74, 6) is 0.901. The quantitative estimate of drug-likeness (QED) is 0.783. The molecule has 2 rings (SSSR count). The van der Waals surface area contributed by atoms with Crippen LogP contribution in [0, 0.1) is 6.92 Å². The van der Waals surface area contributed by atoms with Gasteiger partial charge < -0.3 is 4.74 Å². The molecule has 0 aliphatic carbocycles. The van der Waals surface area contributed by atoms with Gasteiger partial charge in [-0.2, -0.15) is 0 Å². The number of hydrogen-bond acceptors (Lipinski definition) is 2. The third-order valence-electron chi connectivity index (χ3n) is 2.36. The topological polar surface area (TPSA) is 9.23 Å². The van der Waals surface area contributed by atoms with E-state index in [4.69, 9.17) is 4.74 Å². The third-order valence-corrected chi connectivity index (χ3v) is 3.53. The minimum atomic E-state index is 0.901. The smallest absolute Gasteiger partial charge is 0.119 e. The maximum Gasteiger partial charge on any atom is 0.119 e. The van der Waals surface area contributed by atoms with E-state index in [0.717, 1.165) is 5.75 Å². The number of methoxy groups -OCH3 is 1. The van der Waals surface area contributed by atoms with Crippen molar-refractivity contribution in [2.24, 2.45) is 0 Å². The van der Waals surface area contributed by atoms with Gasteiger partial charge in [0, 0.05) is 9.79 Å². The van der Waals surface area contributed by atoms with Gasteiger partial charge in [0.15, 0.2) is 0 Å². The predicted octanol–water partition coefficient (Wildman–Crippen LogP) is 4.15. The summed E-state index contributed by atoms with van der Waals surface area (Å²) >= 11 is 1.76. The molecule has 0 unspecified atom stereocenters. The van der Waals surface area contributed by atoms with Crippen molar-refractivity contribution in [3.63, 3.8) is 0 Å². The van der Waals surface area contributed by atoms with Crippen molar-refractivity contribution < 1.29 is 4.74 Å². The summed E-state index contributed by atoms with van der Waals surface area (Å²) in [6.45, 7) is 2.13. The minimum Gasteiger partial charge on any atom is -0.497 e. The van der Waals surface area contributed by atoms with E-state index in [-0.39, 0.29) is 0 Å². The van der Waals surface area contributed by atoms with E-state index in [9.17, 15) is 0 Å². The fraction of sp³-hybridized carbons (Fsp3) is 0.143. The van der Waals surface area contributed by atoms with Crippen LogP contribution in [0.25, 0.3) is 0 Å². The molecule has 0 heterocycles. The van der Waals surface area contributed by atoms with Gasteiger partial charge in [-0.05, 0) is 36.8 Å². The lowest BCUT2D eigenvalue weighted by Gasteiger charge is -2.06. The summed E-state index contributed by atoms with van der Waals surface area (Å²) in [5, 5.41) is 0. The number of aryl methyl sites for hydroxylation is 1. The van der Waals surface area contributed by atoms with Gasteiger partial charge in [-0.3, -0.25) is 0 Å². The van der Waals surface area contributed by atoms with Crippen LogP contribution in [0.5, 0.6) is 5.75 Å². The summed E-state index contributed by atoms with van der Waals surface area (Å²) in [6.07, 6.45) is 0. The van der Waals surface area contributed by atoms with E-state index in [1.54, 1.807) is 18.9 Å². The second-order valence-electron chi connectivity index (χ2n) is 3.55. The van der Waals surface area contributed by atoms with Crippen LogP contribution in [0.3, 0.4) is 0 Å². The lowest BCUT2D eigenvalue weighted by Crippen LogP contribution is -1.83. The molecular weight excluding hydrogens is 216 g/mol. The number of benzene rings is 2. The van der Waals surface area contributed by atoms with Crippen molar-refractivity contribution in [1.29, 1.82) is 0 Å². The first kappa shape index (κ1) is 11.1. The van der Waals surface area contributed by atoms with Crippen molar-refractivity contribution in [2.75, 3.05) is 7.11 Å². The van der Waals surface area contributed by atoms with Crippen molar-refractivity contribution in [2.45, 2.75) is 16.7 Å². The maximum absolute atomic E-state index is 5.21. The molecule has 0 N–H and O–H groups in total. The molecule has 82 valence electrons. The van der Waals surface area contributed by atoms with E-state index in [2.05, 4.69) is 43.3 Å². The summed E-state index contributed by atoms with van der Waals surface area (Å²) in [5.41, 5.74) is 1.30. The molecule has 0 aliphatic rings. The highest BCUT2D eigenvalue weighted by atomic mass is 32.2. The van der Waals surface area contributed by atoms with Crippen LogP contribution < -0.4 is 4.74 Å². The van der Waals surface area contributed by atoms with Crippen molar-refractivity contribution in [3.05, 3.63) is 54.1 Å². The van der Waals surface area contributed by atoms with E-state index in [1.807, 2.05) is 12.1 Å². The molecule has 0 saturated carbocycles. The zero-order valence-electron chi connectivity index (χ0n) is 9.44. The van der Waals surface area contributed by atoms with Crippen LogP contribution >= 0.6 is 11.8 Å². The van der Waals surface area contributed by atoms with Crippen LogP contribution in [0.2, 0.25) is 0 Å². The van der Waals surface area contributed by atoms with Crippen LogP contribution in [0.1, 0.15) is 5.56 Å². The number of hydrogen-bond donors (Lipinski definition) is 0. The van der Waals surface area contributed by atoms with Gasteiger partial charge >= 0.3 is 0 Å². The zero-order chi connectivity index (χ0) is 11.4. The molecule has 0 atom stereocenters. The molecule has 0 amide bonds. The normalized spacial score (nSPS) is 10.1. The molecule has 0 saturated heterocycles. The van der Waals surface area contributed by atoms with E-state index in [1.165, 1.54) is 15.4 Å². The highest BCUT2D eigenvalue weighted by Gasteiger charge is 2.01. The average Bonchev–Trinajstić information content (AvgIpc) is 2.32. The van der Waals surface area contributed by atoms with Gasteiger partial charge in [0.2, 0.25) is 0 Å². The molecule has 2 aromatic carbocycles. The van der Waals surface area contributed by atoms with Crippen LogP contribution in [0.4, 0.5) is 0 Å². The van der Waals surface area contributed by atoms with Crippen molar-refractivity contribution >= 4 is 11.8 Å². The molecule has 0 radical (unpaired) electrons. The molecule has 16 heavy (non-hydrogen) atoms. The Kier molecular flexibility index (Phi) is 3.52. The first-order valence-electron chi connectivity index (χ1n) is 5.17. The zero-order valence-corrected chi connectivity index (χ0v) is 10.3. The molecule has 0 aromatic heterocycles. The molecule has 0 fully saturated rings. The Morgan fingerprint density at radius 2 is 1.81 bits per heavy atom. The first-order chi connectivity index (χ1) is 7.79. The van der Waals surface area contributed by atoms with Gasteiger partial charge in [-0.15, -0.1) is 0 Å². The Labute approximate surface area is 100 Å². The Balaban J connectivity index is 2.24. The third kappa shape index (κ3) is 2.58. The largest absolute Gasteiger partial charge is 0.497 e. The Morgan fingerprint density at radius 1 is 1.00 bits per heavy atom. The van der Waals surface area contributed by atoms with Gasteiger partial charge in [-0.1, -0.05) is 36.0 Å². The van der Waals surface area contributed by atoms with E-state index >= 15 is 0 Å². The van der Waals surface area contributed by atoms with Gasteiger partial charge in [0.05, 0.1) is 7.11 Å². The molecule has 0 spiro atoms. The summed E-state index contributed by atoms with van der Waals surface area (Å²) < 4.78 is 5.21. The Bertz CT molecular complexity index is 480. The number of rotatable bonds is 3. The van der Waals surface area contributed by atoms with Gasteiger partial charge in [0.25, 0.3) is 0 Å². The predicted molar refractivity (Wildman–Crippen MR) is 68.3 cm³/mol. The lowest BCUT2D eigenvalue weighted by molar-refractivity contribution is 0.413. The van der Waals surface area contributed by atoms with Crippen LogP contribution in [-0.4, -0.2) is 7.11 Å². The second-order valence-corrected chi connectivity index (χ2v) is 4.66.